The lowest BCUT2D eigenvalue weighted by Gasteiger charge is -2.03. The second kappa shape index (κ2) is 14.8. The van der Waals surface area contributed by atoms with E-state index < -0.39 is 0 Å². The topological polar surface area (TPSA) is 18.5 Å². The van der Waals surface area contributed by atoms with Crippen LogP contribution in [0, 0.1) is 0 Å². The summed E-state index contributed by atoms with van der Waals surface area (Å²) in [6.45, 7) is 5.21. The summed E-state index contributed by atoms with van der Waals surface area (Å²) < 4.78 is 10.5. The third-order valence-corrected chi connectivity index (χ3v) is 1.68. The average molecular weight is 208 g/mol. The number of thiol groups is 1. The highest BCUT2D eigenvalue weighted by molar-refractivity contribution is 7.80. The smallest absolute Gasteiger partial charge is 0.0700 e. The molecule has 13 heavy (non-hydrogen) atoms. The van der Waals surface area contributed by atoms with E-state index in [-0.39, 0.29) is 7.43 Å². The predicted octanol–water partition coefficient (Wildman–Crippen LogP) is 2.78. The highest BCUT2D eigenvalue weighted by Gasteiger charge is 1.88. The summed E-state index contributed by atoms with van der Waals surface area (Å²) in [5.74, 6) is 0.788. The van der Waals surface area contributed by atoms with E-state index in [0.29, 0.717) is 6.61 Å². The van der Waals surface area contributed by atoms with Gasteiger partial charge in [-0.3, -0.25) is 0 Å². The number of rotatable bonds is 9. The van der Waals surface area contributed by atoms with Gasteiger partial charge in [-0.05, 0) is 6.42 Å². The van der Waals surface area contributed by atoms with Gasteiger partial charge in [-0.1, -0.05) is 27.2 Å². The molecule has 0 aliphatic heterocycles. The fourth-order valence-electron chi connectivity index (χ4n) is 0.841. The molecule has 0 aliphatic carbocycles. The van der Waals surface area contributed by atoms with Crippen molar-refractivity contribution in [1.82, 2.24) is 0 Å². The zero-order valence-electron chi connectivity index (χ0n) is 7.92. The van der Waals surface area contributed by atoms with E-state index in [2.05, 4.69) is 19.6 Å². The first kappa shape index (κ1) is 15.7. The van der Waals surface area contributed by atoms with E-state index in [9.17, 15) is 0 Å². The lowest BCUT2D eigenvalue weighted by Crippen LogP contribution is -2.06. The van der Waals surface area contributed by atoms with Gasteiger partial charge in [-0.2, -0.15) is 12.6 Å². The van der Waals surface area contributed by atoms with Crippen molar-refractivity contribution >= 4 is 12.6 Å². The predicted molar refractivity (Wildman–Crippen MR) is 61.7 cm³/mol. The molecule has 0 saturated carbocycles. The van der Waals surface area contributed by atoms with Crippen LogP contribution in [0.4, 0.5) is 0 Å². The Balaban J connectivity index is 0. The van der Waals surface area contributed by atoms with Gasteiger partial charge in [-0.25, -0.2) is 0 Å². The molecule has 0 atom stereocenters. The van der Waals surface area contributed by atoms with Crippen LogP contribution in [0.25, 0.3) is 0 Å². The zero-order valence-corrected chi connectivity index (χ0v) is 8.81. The summed E-state index contributed by atoms with van der Waals surface area (Å²) in [4.78, 5) is 0. The second-order valence-electron chi connectivity index (χ2n) is 2.66. The van der Waals surface area contributed by atoms with Crippen LogP contribution in [0.5, 0.6) is 0 Å². The van der Waals surface area contributed by atoms with Crippen molar-refractivity contribution < 1.29 is 9.47 Å². The molecule has 0 aliphatic rings. The number of ether oxygens (including phenoxy) is 2. The van der Waals surface area contributed by atoms with Crippen molar-refractivity contribution in [1.29, 1.82) is 0 Å². The number of hydrogen-bond donors (Lipinski definition) is 1. The molecule has 0 bridgehead atoms. The fourth-order valence-corrected chi connectivity index (χ4v) is 0.970. The molecule has 0 aromatic rings. The van der Waals surface area contributed by atoms with E-state index in [1.54, 1.807) is 0 Å². The Morgan fingerprint density at radius 3 is 2.08 bits per heavy atom. The van der Waals surface area contributed by atoms with Gasteiger partial charge >= 0.3 is 0 Å². The van der Waals surface area contributed by atoms with Gasteiger partial charge in [0, 0.05) is 12.4 Å². The van der Waals surface area contributed by atoms with E-state index in [1.807, 2.05) is 0 Å². The minimum absolute atomic E-state index is 0. The van der Waals surface area contributed by atoms with Gasteiger partial charge in [0.25, 0.3) is 0 Å². The molecule has 0 aromatic heterocycles. The summed E-state index contributed by atoms with van der Waals surface area (Å²) in [5.41, 5.74) is 0. The Bertz CT molecular complexity index is 69.3. The van der Waals surface area contributed by atoms with E-state index in [1.165, 1.54) is 19.3 Å². The maximum absolute atomic E-state index is 5.33. The van der Waals surface area contributed by atoms with Gasteiger partial charge in [0.15, 0.2) is 0 Å². The van der Waals surface area contributed by atoms with E-state index >= 15 is 0 Å². The average Bonchev–Trinajstić information content (AvgIpc) is 2.10. The Morgan fingerprint density at radius 1 is 0.923 bits per heavy atom. The molecular formula is C10H24O2S. The Labute approximate surface area is 88.4 Å². The molecule has 0 spiro atoms. The van der Waals surface area contributed by atoms with Gasteiger partial charge in [-0.15, -0.1) is 0 Å². The first-order chi connectivity index (χ1) is 5.91. The van der Waals surface area contributed by atoms with Crippen LogP contribution in [-0.4, -0.2) is 32.2 Å². The van der Waals surface area contributed by atoms with E-state index in [0.717, 1.165) is 25.6 Å². The third-order valence-electron chi connectivity index (χ3n) is 1.50. The fraction of sp³-hybridized carbons (Fsp3) is 1.00. The van der Waals surface area contributed by atoms with Crippen molar-refractivity contribution in [2.45, 2.75) is 33.6 Å². The Morgan fingerprint density at radius 2 is 1.54 bits per heavy atom. The van der Waals surface area contributed by atoms with Gasteiger partial charge < -0.3 is 9.47 Å². The molecule has 3 heteroatoms. The van der Waals surface area contributed by atoms with Crippen LogP contribution < -0.4 is 0 Å². The minimum Gasteiger partial charge on any atom is -0.379 e. The zero-order chi connectivity index (χ0) is 9.07. The number of hydrogen-bond acceptors (Lipinski definition) is 3. The second-order valence-corrected chi connectivity index (χ2v) is 3.10. The van der Waals surface area contributed by atoms with Gasteiger partial charge in [0.05, 0.1) is 19.8 Å². The van der Waals surface area contributed by atoms with Crippen LogP contribution in [0.15, 0.2) is 0 Å². The van der Waals surface area contributed by atoms with Crippen LogP contribution in [0.1, 0.15) is 33.6 Å². The summed E-state index contributed by atoms with van der Waals surface area (Å²) in [7, 11) is 0. The quantitative estimate of drug-likeness (QED) is 0.464. The molecular weight excluding hydrogens is 184 g/mol. The van der Waals surface area contributed by atoms with E-state index in [4.69, 9.17) is 9.47 Å². The molecule has 0 fully saturated rings. The third kappa shape index (κ3) is 15.1. The molecule has 0 N–H and O–H groups in total. The summed E-state index contributed by atoms with van der Waals surface area (Å²) in [5, 5.41) is 0. The lowest BCUT2D eigenvalue weighted by molar-refractivity contribution is 0.0524. The maximum Gasteiger partial charge on any atom is 0.0700 e. The van der Waals surface area contributed by atoms with Crippen molar-refractivity contribution in [3.05, 3.63) is 0 Å². The van der Waals surface area contributed by atoms with Crippen LogP contribution >= 0.6 is 12.6 Å². The first-order valence-corrected chi connectivity index (χ1v) is 5.31. The highest BCUT2D eigenvalue weighted by atomic mass is 32.1. The SMILES string of the molecule is C.CCCCCOCCOCCS. The normalized spacial score (nSPS) is 9.69. The molecule has 0 amide bonds. The van der Waals surface area contributed by atoms with Crippen molar-refractivity contribution in [2.24, 2.45) is 0 Å². The van der Waals surface area contributed by atoms with Crippen molar-refractivity contribution in [2.75, 3.05) is 32.2 Å². The van der Waals surface area contributed by atoms with Crippen molar-refractivity contribution in [3.63, 3.8) is 0 Å². The molecule has 0 unspecified atom stereocenters. The standard InChI is InChI=1S/C9H20O2S.CH4/c1-2-3-4-5-10-6-7-11-8-9-12;/h12H,2-9H2,1H3;1H4. The van der Waals surface area contributed by atoms with Gasteiger partial charge in [0.2, 0.25) is 0 Å². The largest absolute Gasteiger partial charge is 0.379 e. The number of unbranched alkanes of at least 4 members (excludes halogenated alkanes) is 2. The van der Waals surface area contributed by atoms with Crippen molar-refractivity contribution in [3.8, 4) is 0 Å². The summed E-state index contributed by atoms with van der Waals surface area (Å²) in [6, 6.07) is 0. The monoisotopic (exact) mass is 208 g/mol. The van der Waals surface area contributed by atoms with Crippen LogP contribution in [0.3, 0.4) is 0 Å². The molecule has 0 radical (unpaired) electrons. The molecule has 0 heterocycles. The highest BCUT2D eigenvalue weighted by Crippen LogP contribution is 1.93. The van der Waals surface area contributed by atoms with Crippen LogP contribution in [-0.2, 0) is 9.47 Å². The Hall–Kier alpha value is 0.270. The molecule has 0 rings (SSSR count). The van der Waals surface area contributed by atoms with Gasteiger partial charge in [0.1, 0.15) is 0 Å². The minimum atomic E-state index is 0. The Kier molecular flexibility index (Phi) is 17.9. The molecule has 2 nitrogen and oxygen atoms in total. The van der Waals surface area contributed by atoms with Crippen LogP contribution in [0.2, 0.25) is 0 Å². The lowest BCUT2D eigenvalue weighted by atomic mass is 10.3. The molecule has 0 aromatic carbocycles. The maximum atomic E-state index is 5.33. The summed E-state index contributed by atoms with van der Waals surface area (Å²) in [6.07, 6.45) is 3.68. The molecule has 82 valence electrons. The molecule has 0 saturated heterocycles. The first-order valence-electron chi connectivity index (χ1n) is 4.68. The summed E-state index contributed by atoms with van der Waals surface area (Å²) >= 11 is 4.03.